The molecule has 4 bridgehead atoms. The summed E-state index contributed by atoms with van der Waals surface area (Å²) in [4.78, 5) is 12.3. The first-order chi connectivity index (χ1) is 11.5. The van der Waals surface area contributed by atoms with Gasteiger partial charge < -0.3 is 0 Å². The van der Waals surface area contributed by atoms with Crippen molar-refractivity contribution in [3.63, 3.8) is 0 Å². The molecule has 0 radical (unpaired) electrons. The zero-order valence-electron chi connectivity index (χ0n) is 13.6. The fourth-order valence-electron chi connectivity index (χ4n) is 5.67. The molecule has 0 spiro atoms. The van der Waals surface area contributed by atoms with Crippen LogP contribution in [0.3, 0.4) is 0 Å². The van der Waals surface area contributed by atoms with Gasteiger partial charge in [0.2, 0.25) is 5.91 Å². The third kappa shape index (κ3) is 3.08. The molecule has 4 saturated carbocycles. The quantitative estimate of drug-likeness (QED) is 0.656. The molecule has 5 heteroatoms. The highest BCUT2D eigenvalue weighted by atomic mass is 19.1. The Morgan fingerprint density at radius 2 is 1.79 bits per heavy atom. The van der Waals surface area contributed by atoms with Crippen molar-refractivity contribution in [1.29, 1.82) is 0 Å². The minimum atomic E-state index is -0.686. The van der Waals surface area contributed by atoms with E-state index in [1.165, 1.54) is 56.9 Å². The molecule has 0 aliphatic heterocycles. The van der Waals surface area contributed by atoms with Crippen LogP contribution in [0, 0.1) is 34.8 Å². The fraction of sp³-hybridized carbons (Fsp3) is 0.579. The van der Waals surface area contributed by atoms with Gasteiger partial charge in [-0.05, 0) is 73.8 Å². The third-order valence-electron chi connectivity index (χ3n) is 6.06. The lowest BCUT2D eigenvalue weighted by Gasteiger charge is -2.56. The molecule has 1 amide bonds. The van der Waals surface area contributed by atoms with Crippen LogP contribution < -0.4 is 5.43 Å². The van der Waals surface area contributed by atoms with E-state index in [-0.39, 0.29) is 16.9 Å². The molecule has 4 aliphatic rings. The average Bonchev–Trinajstić information content (AvgIpc) is 2.47. The number of carbonyl (C=O) groups is 1. The van der Waals surface area contributed by atoms with Crippen molar-refractivity contribution in [3.8, 4) is 0 Å². The molecule has 0 atom stereocenters. The smallest absolute Gasteiger partial charge is 0.240 e. The van der Waals surface area contributed by atoms with Gasteiger partial charge in [0.1, 0.15) is 11.6 Å². The number of halogens is 2. The lowest BCUT2D eigenvalue weighted by Crippen LogP contribution is -2.47. The maximum atomic E-state index is 13.5. The SMILES string of the molecule is O=C(CC12CC3CC(CC(C3)C1)C2)N/N=C\c1ccc(F)cc1F. The van der Waals surface area contributed by atoms with Gasteiger partial charge in [-0.2, -0.15) is 5.10 Å². The molecule has 0 aromatic heterocycles. The standard InChI is InChI=1S/C19H22F2N2O/c20-16-2-1-15(17(21)6-16)11-22-23-18(24)10-19-7-12-3-13(8-19)5-14(4-12)9-19/h1-2,6,11-14H,3-5,7-10H2,(H,23,24)/b22-11-. The lowest BCUT2D eigenvalue weighted by molar-refractivity contribution is -0.129. The van der Waals surface area contributed by atoms with Crippen molar-refractivity contribution in [2.75, 3.05) is 0 Å². The predicted octanol–water partition coefficient (Wildman–Crippen LogP) is 4.02. The summed E-state index contributed by atoms with van der Waals surface area (Å²) in [5.74, 6) is 1.00. The minimum Gasteiger partial charge on any atom is -0.273 e. The van der Waals surface area contributed by atoms with Crippen LogP contribution >= 0.6 is 0 Å². The number of benzene rings is 1. The predicted molar refractivity (Wildman–Crippen MR) is 87.3 cm³/mol. The summed E-state index contributed by atoms with van der Waals surface area (Å²) < 4.78 is 26.4. The molecule has 0 saturated heterocycles. The van der Waals surface area contributed by atoms with E-state index in [2.05, 4.69) is 10.5 Å². The summed E-state index contributed by atoms with van der Waals surface area (Å²) in [5.41, 5.74) is 2.84. The molecule has 4 aliphatic carbocycles. The van der Waals surface area contributed by atoms with E-state index in [4.69, 9.17) is 0 Å². The van der Waals surface area contributed by atoms with Gasteiger partial charge in [-0.1, -0.05) is 0 Å². The van der Waals surface area contributed by atoms with Crippen molar-refractivity contribution in [2.24, 2.45) is 28.3 Å². The van der Waals surface area contributed by atoms with Crippen LogP contribution in [0.4, 0.5) is 8.78 Å². The van der Waals surface area contributed by atoms with Crippen molar-refractivity contribution in [2.45, 2.75) is 44.9 Å². The highest BCUT2D eigenvalue weighted by Crippen LogP contribution is 2.61. The normalized spacial score (nSPS) is 34.0. The summed E-state index contributed by atoms with van der Waals surface area (Å²) in [7, 11) is 0. The van der Waals surface area contributed by atoms with Crippen LogP contribution in [-0.2, 0) is 4.79 Å². The van der Waals surface area contributed by atoms with E-state index in [1.807, 2.05) is 0 Å². The Bertz CT molecular complexity index is 651. The van der Waals surface area contributed by atoms with Gasteiger partial charge in [0.25, 0.3) is 0 Å². The average molecular weight is 332 g/mol. The van der Waals surface area contributed by atoms with Crippen LogP contribution in [0.25, 0.3) is 0 Å². The van der Waals surface area contributed by atoms with E-state index in [0.29, 0.717) is 6.42 Å². The fourth-order valence-corrected chi connectivity index (χ4v) is 5.67. The molecule has 5 rings (SSSR count). The number of nitrogens with zero attached hydrogens (tertiary/aromatic N) is 1. The Hall–Kier alpha value is -1.78. The monoisotopic (exact) mass is 332 g/mol. The second-order valence-corrected chi connectivity index (χ2v) is 8.05. The maximum Gasteiger partial charge on any atom is 0.240 e. The number of carbonyl (C=O) groups excluding carboxylic acids is 1. The first kappa shape index (κ1) is 15.7. The van der Waals surface area contributed by atoms with Gasteiger partial charge >= 0.3 is 0 Å². The Labute approximate surface area is 140 Å². The largest absolute Gasteiger partial charge is 0.273 e. The minimum absolute atomic E-state index is 0.101. The van der Waals surface area contributed by atoms with E-state index < -0.39 is 11.6 Å². The molecular formula is C19H22F2N2O. The van der Waals surface area contributed by atoms with Gasteiger partial charge in [-0.3, -0.25) is 4.79 Å². The van der Waals surface area contributed by atoms with Crippen molar-refractivity contribution < 1.29 is 13.6 Å². The zero-order chi connectivity index (χ0) is 16.7. The zero-order valence-corrected chi connectivity index (χ0v) is 13.6. The molecule has 1 aromatic carbocycles. The highest BCUT2D eigenvalue weighted by Gasteiger charge is 2.51. The van der Waals surface area contributed by atoms with Crippen molar-refractivity contribution >= 4 is 12.1 Å². The van der Waals surface area contributed by atoms with Gasteiger partial charge in [0.05, 0.1) is 6.21 Å². The number of amides is 1. The molecule has 1 N–H and O–H groups in total. The van der Waals surface area contributed by atoms with E-state index in [9.17, 15) is 13.6 Å². The first-order valence-corrected chi connectivity index (χ1v) is 8.78. The molecular weight excluding hydrogens is 310 g/mol. The van der Waals surface area contributed by atoms with Gasteiger partial charge in [0, 0.05) is 18.1 Å². The maximum absolute atomic E-state index is 13.5. The second-order valence-electron chi connectivity index (χ2n) is 8.05. The number of hydrazone groups is 1. The van der Waals surface area contributed by atoms with E-state index in [1.54, 1.807) is 0 Å². The molecule has 1 aromatic rings. The summed E-state index contributed by atoms with van der Waals surface area (Å²) in [6.45, 7) is 0. The molecule has 128 valence electrons. The van der Waals surface area contributed by atoms with Gasteiger partial charge in [0.15, 0.2) is 0 Å². The lowest BCUT2D eigenvalue weighted by atomic mass is 9.49. The first-order valence-electron chi connectivity index (χ1n) is 8.78. The number of nitrogens with one attached hydrogen (secondary N) is 1. The summed E-state index contributed by atoms with van der Waals surface area (Å²) in [6.07, 6.45) is 9.30. The molecule has 24 heavy (non-hydrogen) atoms. The second kappa shape index (κ2) is 5.94. The van der Waals surface area contributed by atoms with Gasteiger partial charge in [-0.15, -0.1) is 0 Å². The van der Waals surface area contributed by atoms with Crippen LogP contribution in [0.2, 0.25) is 0 Å². The molecule has 0 heterocycles. The van der Waals surface area contributed by atoms with E-state index >= 15 is 0 Å². The van der Waals surface area contributed by atoms with Crippen LogP contribution in [0.15, 0.2) is 23.3 Å². The Balaban J connectivity index is 1.36. The van der Waals surface area contributed by atoms with Crippen LogP contribution in [0.5, 0.6) is 0 Å². The van der Waals surface area contributed by atoms with Crippen molar-refractivity contribution in [1.82, 2.24) is 5.43 Å². The Kier molecular flexibility index (Phi) is 3.89. The highest BCUT2D eigenvalue weighted by molar-refractivity contribution is 5.82. The number of rotatable bonds is 4. The topological polar surface area (TPSA) is 41.5 Å². The number of hydrogen-bond acceptors (Lipinski definition) is 2. The molecule has 0 unspecified atom stereocenters. The van der Waals surface area contributed by atoms with E-state index in [0.717, 1.165) is 23.8 Å². The summed E-state index contributed by atoms with van der Waals surface area (Å²) in [5, 5.41) is 3.84. The van der Waals surface area contributed by atoms with Gasteiger partial charge in [-0.25, -0.2) is 14.2 Å². The third-order valence-corrected chi connectivity index (χ3v) is 6.06. The van der Waals surface area contributed by atoms with Crippen LogP contribution in [-0.4, -0.2) is 12.1 Å². The molecule has 4 fully saturated rings. The Morgan fingerprint density at radius 1 is 1.17 bits per heavy atom. The molecule has 3 nitrogen and oxygen atoms in total. The summed E-state index contributed by atoms with van der Waals surface area (Å²) in [6, 6.07) is 3.28. The Morgan fingerprint density at radius 3 is 2.38 bits per heavy atom. The van der Waals surface area contributed by atoms with Crippen LogP contribution in [0.1, 0.15) is 50.5 Å². The number of hydrogen-bond donors (Lipinski definition) is 1. The van der Waals surface area contributed by atoms with Crippen molar-refractivity contribution in [3.05, 3.63) is 35.4 Å². The summed E-state index contributed by atoms with van der Waals surface area (Å²) >= 11 is 0.